The first-order chi connectivity index (χ1) is 37.5. The maximum absolute atomic E-state index is 12.9. The van der Waals surface area contributed by atoms with Gasteiger partial charge in [0.1, 0.15) is 78.9 Å². The molecule has 5 saturated heterocycles. The zero-order chi connectivity index (χ0) is 56.0. The van der Waals surface area contributed by atoms with Crippen LogP contribution in [0.5, 0.6) is 5.75 Å². The number of aliphatic hydroxyl groups is 9. The van der Waals surface area contributed by atoms with Gasteiger partial charge in [-0.3, -0.25) is 19.2 Å². The minimum Gasteiger partial charge on any atom is -0.484 e. The Morgan fingerprint density at radius 2 is 1.35 bits per heavy atom. The van der Waals surface area contributed by atoms with Crippen LogP contribution in [0, 0.1) is 0 Å². The Morgan fingerprint density at radius 1 is 0.679 bits per heavy atom. The van der Waals surface area contributed by atoms with Gasteiger partial charge in [0, 0.05) is 49.5 Å². The fourth-order valence-electron chi connectivity index (χ4n) is 9.71. The van der Waals surface area contributed by atoms with E-state index in [1.807, 2.05) is 17.8 Å². The van der Waals surface area contributed by atoms with E-state index in [4.69, 9.17) is 33.2 Å². The number of urea groups is 1. The second-order valence-electron chi connectivity index (χ2n) is 19.5. The van der Waals surface area contributed by atoms with Crippen LogP contribution in [0.15, 0.2) is 48.5 Å². The third-order valence-corrected chi connectivity index (χ3v) is 15.4. The lowest BCUT2D eigenvalue weighted by atomic mass is 9.95. The summed E-state index contributed by atoms with van der Waals surface area (Å²) in [6.07, 6.45) is -20.6. The highest BCUT2D eigenvalue weighted by atomic mass is 32.2. The molecule has 78 heavy (non-hydrogen) atoms. The van der Waals surface area contributed by atoms with Gasteiger partial charge in [0.05, 0.1) is 38.5 Å². The Bertz CT molecular complexity index is 2290. The third kappa shape index (κ3) is 15.7. The maximum Gasteiger partial charge on any atom is 0.315 e. The van der Waals surface area contributed by atoms with Crippen molar-refractivity contribution in [3.8, 4) is 16.9 Å². The van der Waals surface area contributed by atoms with Crippen molar-refractivity contribution in [2.75, 3.05) is 58.4 Å². The number of aliphatic hydroxyl groups excluding tert-OH is 9. The van der Waals surface area contributed by atoms with Crippen LogP contribution in [0.25, 0.3) is 11.1 Å². The predicted molar refractivity (Wildman–Crippen MR) is 271 cm³/mol. The van der Waals surface area contributed by atoms with Gasteiger partial charge in [0.2, 0.25) is 11.8 Å². The van der Waals surface area contributed by atoms with E-state index in [2.05, 4.69) is 31.9 Å². The summed E-state index contributed by atoms with van der Waals surface area (Å²) in [6.45, 7) is -1.05. The summed E-state index contributed by atoms with van der Waals surface area (Å²) in [4.78, 5) is 61.9. The first-order valence-corrected chi connectivity index (χ1v) is 27.0. The van der Waals surface area contributed by atoms with Crippen molar-refractivity contribution >= 4 is 41.4 Å². The Kier molecular flexibility index (Phi) is 22.6. The van der Waals surface area contributed by atoms with Crippen LogP contribution in [-0.2, 0) is 42.8 Å². The predicted octanol–water partition coefficient (Wildman–Crippen LogP) is -4.58. The lowest BCUT2D eigenvalue weighted by molar-refractivity contribution is -0.376. The summed E-state index contributed by atoms with van der Waals surface area (Å²) in [5.74, 6) is -0.148. The number of ether oxygens (including phenoxy) is 7. The highest BCUT2D eigenvalue weighted by Gasteiger charge is 2.54. The molecule has 5 aliphatic heterocycles. The van der Waals surface area contributed by atoms with Crippen molar-refractivity contribution in [3.63, 3.8) is 0 Å². The molecular formula is C50H72N6O21S. The molecule has 434 valence electrons. The van der Waals surface area contributed by atoms with Crippen LogP contribution in [-0.4, -0.2) is 243 Å². The highest BCUT2D eigenvalue weighted by Crippen LogP contribution is 2.35. The number of hydrogen-bond donors (Lipinski definition) is 15. The summed E-state index contributed by atoms with van der Waals surface area (Å²) >= 11 is 1.85. The van der Waals surface area contributed by atoms with Crippen LogP contribution >= 0.6 is 11.8 Å². The average molecular weight is 1130 g/mol. The van der Waals surface area contributed by atoms with Crippen LogP contribution < -0.4 is 36.6 Å². The molecule has 0 spiro atoms. The van der Waals surface area contributed by atoms with Gasteiger partial charge in [-0.25, -0.2) is 4.79 Å². The standard InChI is InChI=1S/C50H72N6O21S/c1-24(60)54-37-40(65)44(76-49-43(68)45(39(64)31(20-58)74-49)77-48-42(67)41(66)38(63)30(19-57)73-48)32(21-59)75-47(37)71-17-5-14-51-35(62)22-72-28-12-10-25(11-13-28)26-6-4-7-27(18-26)46(69)53-16-15-52-34(61)9-3-2-8-33-36-29(23-78-33)55-50(70)56-36/h4,6-7,10-13,18,29-33,36-45,47-49,57-59,63-68H,2-3,5,8-9,14-17,19-23H2,1H3,(H,51,62)(H,52,61)(H,53,69)(H,54,60)(H2,55,56,70)/t29-,30?,31?,32?,33-,36-,37?,38-,39-,40?,41?,42?,43?,44+,45?,47+,48+,49-/m0/s1. The molecule has 0 radical (unpaired) electrons. The SMILES string of the molecule is CC(=O)NC1C(O)[C@H](O[C@@H]2OC(CO)[C@H](O)C(O[C@H]3OC(CO)[C@H](O)C(O)C3O)C2O)C(CO)O[C@H]1OCCCNC(=O)COc1ccc(-c2cccc(C(=O)NCCNC(=O)CCCC[C@@H]3SC[C@@H]4NC(=O)N[C@@H]43)c2)cc1. The molecule has 2 aromatic rings. The van der Waals surface area contributed by atoms with Crippen molar-refractivity contribution in [1.82, 2.24) is 31.9 Å². The number of rotatable bonds is 26. The van der Waals surface area contributed by atoms with E-state index in [1.165, 1.54) is 0 Å². The molecule has 0 saturated carbocycles. The zero-order valence-electron chi connectivity index (χ0n) is 42.7. The Labute approximate surface area is 452 Å². The quantitative estimate of drug-likeness (QED) is 0.0311. The Balaban J connectivity index is 0.801. The van der Waals surface area contributed by atoms with Gasteiger partial charge < -0.3 is 111 Å². The average Bonchev–Trinajstić information content (AvgIpc) is 4.02. The molecule has 0 aliphatic carbocycles. The van der Waals surface area contributed by atoms with Crippen LogP contribution in [0.1, 0.15) is 49.4 Å². The second kappa shape index (κ2) is 29.0. The number of carbonyl (C=O) groups is 5. The number of thioether (sulfide) groups is 1. The molecule has 6 amide bonds. The largest absolute Gasteiger partial charge is 0.484 e. The highest BCUT2D eigenvalue weighted by molar-refractivity contribution is 8.00. The van der Waals surface area contributed by atoms with Crippen molar-refractivity contribution < 1.29 is 103 Å². The topological polar surface area (TPSA) is 404 Å². The first-order valence-electron chi connectivity index (χ1n) is 25.9. The van der Waals surface area contributed by atoms with Crippen LogP contribution in [0.3, 0.4) is 0 Å². The first kappa shape index (κ1) is 60.8. The fraction of sp³-hybridized carbons (Fsp3) is 0.660. The van der Waals surface area contributed by atoms with Gasteiger partial charge in [-0.2, -0.15) is 11.8 Å². The van der Waals surface area contributed by atoms with Gasteiger partial charge in [0.25, 0.3) is 11.8 Å². The summed E-state index contributed by atoms with van der Waals surface area (Å²) in [6, 6.07) is 12.8. The van der Waals surface area contributed by atoms with E-state index in [0.29, 0.717) is 23.0 Å². The van der Waals surface area contributed by atoms with Gasteiger partial charge in [-0.05, 0) is 54.7 Å². The molecule has 18 atom stereocenters. The normalized spacial score (nSPS) is 33.5. The summed E-state index contributed by atoms with van der Waals surface area (Å²) < 4.78 is 39.9. The van der Waals surface area contributed by atoms with E-state index in [0.717, 1.165) is 43.1 Å². The van der Waals surface area contributed by atoms with Crippen molar-refractivity contribution in [1.29, 1.82) is 0 Å². The lowest BCUT2D eigenvalue weighted by Crippen LogP contribution is -2.68. The smallest absolute Gasteiger partial charge is 0.315 e. The molecule has 0 bridgehead atoms. The fourth-order valence-corrected chi connectivity index (χ4v) is 11.3. The summed E-state index contributed by atoms with van der Waals surface area (Å²) in [5.41, 5.74) is 1.99. The molecule has 27 nitrogen and oxygen atoms in total. The van der Waals surface area contributed by atoms with Gasteiger partial charge >= 0.3 is 6.03 Å². The van der Waals surface area contributed by atoms with Crippen LogP contribution in [0.4, 0.5) is 4.79 Å². The minimum absolute atomic E-state index is 0.0803. The van der Waals surface area contributed by atoms with Gasteiger partial charge in [0.15, 0.2) is 25.5 Å². The number of hydrogen-bond acceptors (Lipinski definition) is 22. The lowest BCUT2D eigenvalue weighted by Gasteiger charge is -2.48. The minimum atomic E-state index is -1.98. The zero-order valence-corrected chi connectivity index (χ0v) is 43.6. The summed E-state index contributed by atoms with van der Waals surface area (Å²) in [7, 11) is 0. The van der Waals surface area contributed by atoms with E-state index < -0.39 is 124 Å². The summed E-state index contributed by atoms with van der Waals surface area (Å²) in [5, 5.41) is 112. The van der Waals surface area contributed by atoms with E-state index >= 15 is 0 Å². The molecule has 5 fully saturated rings. The molecule has 7 rings (SSSR count). The molecule has 28 heteroatoms. The Hall–Kier alpha value is -4.86. The number of fused-ring (bicyclic) bond motifs is 1. The maximum atomic E-state index is 12.9. The van der Waals surface area contributed by atoms with Crippen molar-refractivity contribution in [2.24, 2.45) is 0 Å². The van der Waals surface area contributed by atoms with E-state index in [1.54, 1.807) is 42.5 Å². The molecule has 9 unspecified atom stereocenters. The number of amides is 6. The molecule has 5 heterocycles. The molecular weight excluding hydrogens is 1050 g/mol. The number of unbranched alkanes of at least 4 members (excludes halogenated alkanes) is 1. The number of carbonyl (C=O) groups excluding carboxylic acids is 5. The second-order valence-corrected chi connectivity index (χ2v) is 20.8. The van der Waals surface area contributed by atoms with Crippen molar-refractivity contribution in [2.45, 2.75) is 148 Å². The van der Waals surface area contributed by atoms with Gasteiger partial charge in [-0.1, -0.05) is 30.7 Å². The third-order valence-electron chi connectivity index (χ3n) is 13.9. The molecule has 2 aromatic carbocycles. The number of nitrogens with one attached hydrogen (secondary N) is 6. The van der Waals surface area contributed by atoms with Crippen molar-refractivity contribution in [3.05, 3.63) is 54.1 Å². The molecule has 5 aliphatic rings. The molecule has 0 aromatic heterocycles. The number of benzene rings is 2. The van der Waals surface area contributed by atoms with Crippen LogP contribution in [0.2, 0.25) is 0 Å². The Morgan fingerprint density at radius 3 is 2.06 bits per heavy atom. The van der Waals surface area contributed by atoms with E-state index in [9.17, 15) is 69.9 Å². The monoisotopic (exact) mass is 1120 g/mol. The van der Waals surface area contributed by atoms with Gasteiger partial charge in [-0.15, -0.1) is 0 Å². The van der Waals surface area contributed by atoms with E-state index in [-0.39, 0.29) is 69.2 Å². The molecule has 15 N–H and O–H groups in total.